The highest BCUT2D eigenvalue weighted by Gasteiger charge is 2.41. The lowest BCUT2D eigenvalue weighted by atomic mass is 10.0. The fourth-order valence-electron chi connectivity index (χ4n) is 3.71. The standard InChI is InChI=1S/C15H23NO5Si/c1-19-22(20-2,21-3)8-4-7-16-14(17)12-10-5-6-11(9-10)13(12)15(16)18/h5-6,10-11,17-18H,4,7-9H2,1-3H3. The van der Waals surface area contributed by atoms with Crippen LogP contribution >= 0.6 is 0 Å². The van der Waals surface area contributed by atoms with E-state index in [4.69, 9.17) is 13.3 Å². The van der Waals surface area contributed by atoms with Crippen LogP contribution in [0.15, 0.2) is 12.2 Å². The van der Waals surface area contributed by atoms with Crippen LogP contribution in [0.4, 0.5) is 0 Å². The Hall–Kier alpha value is -1.28. The zero-order valence-electron chi connectivity index (χ0n) is 13.2. The topological polar surface area (TPSA) is 73.1 Å². The third-order valence-electron chi connectivity index (χ3n) is 4.91. The molecule has 0 aliphatic heterocycles. The van der Waals surface area contributed by atoms with Gasteiger partial charge in [-0.1, -0.05) is 12.2 Å². The number of rotatable bonds is 7. The van der Waals surface area contributed by atoms with Crippen LogP contribution in [-0.4, -0.2) is 44.9 Å². The summed E-state index contributed by atoms with van der Waals surface area (Å²) >= 11 is 0. The highest BCUT2D eigenvalue weighted by molar-refractivity contribution is 6.60. The van der Waals surface area contributed by atoms with Crippen molar-refractivity contribution in [3.8, 4) is 11.8 Å². The van der Waals surface area contributed by atoms with E-state index in [1.165, 1.54) is 0 Å². The van der Waals surface area contributed by atoms with Crippen LogP contribution in [0.25, 0.3) is 0 Å². The zero-order valence-corrected chi connectivity index (χ0v) is 14.2. The van der Waals surface area contributed by atoms with Crippen molar-refractivity contribution in [2.24, 2.45) is 0 Å². The Labute approximate surface area is 131 Å². The molecule has 0 spiro atoms. The van der Waals surface area contributed by atoms with Crippen molar-refractivity contribution >= 4 is 8.80 Å². The molecule has 22 heavy (non-hydrogen) atoms. The third-order valence-corrected chi connectivity index (χ3v) is 7.74. The number of aromatic hydroxyl groups is 2. The summed E-state index contributed by atoms with van der Waals surface area (Å²) < 4.78 is 17.8. The van der Waals surface area contributed by atoms with Gasteiger partial charge in [-0.3, -0.25) is 4.57 Å². The fourth-order valence-corrected chi connectivity index (χ4v) is 5.42. The molecule has 1 aromatic heterocycles. The zero-order chi connectivity index (χ0) is 15.9. The lowest BCUT2D eigenvalue weighted by molar-refractivity contribution is 0.122. The second-order valence-corrected chi connectivity index (χ2v) is 8.95. The van der Waals surface area contributed by atoms with Crippen molar-refractivity contribution in [2.45, 2.75) is 37.3 Å². The molecular weight excluding hydrogens is 302 g/mol. The summed E-state index contributed by atoms with van der Waals surface area (Å²) in [6.07, 6.45) is 5.91. The SMILES string of the molecule is CO[Si](CCCn1c(O)c2c(c1O)C1C=CC2C1)(OC)OC. The second-order valence-electron chi connectivity index (χ2n) is 5.86. The molecule has 122 valence electrons. The number of nitrogens with zero attached hydrogens (tertiary/aromatic N) is 1. The van der Waals surface area contributed by atoms with Crippen LogP contribution in [0.3, 0.4) is 0 Å². The van der Waals surface area contributed by atoms with Gasteiger partial charge in [0.15, 0.2) is 11.8 Å². The van der Waals surface area contributed by atoms with Gasteiger partial charge in [0, 0.05) is 56.9 Å². The first-order valence-electron chi connectivity index (χ1n) is 7.55. The van der Waals surface area contributed by atoms with Crippen LogP contribution in [0.2, 0.25) is 6.04 Å². The molecule has 0 saturated heterocycles. The molecule has 2 bridgehead atoms. The summed E-state index contributed by atoms with van der Waals surface area (Å²) in [6.45, 7) is 0.509. The third kappa shape index (κ3) is 2.20. The molecule has 1 heterocycles. The lowest BCUT2D eigenvalue weighted by Crippen LogP contribution is -2.42. The molecule has 0 saturated carbocycles. The minimum atomic E-state index is -2.61. The number of hydrogen-bond acceptors (Lipinski definition) is 5. The van der Waals surface area contributed by atoms with E-state index in [2.05, 4.69) is 12.2 Å². The minimum Gasteiger partial charge on any atom is -0.494 e. The summed E-state index contributed by atoms with van der Waals surface area (Å²) in [4.78, 5) is 0. The maximum absolute atomic E-state index is 10.4. The van der Waals surface area contributed by atoms with Gasteiger partial charge in [0.05, 0.1) is 0 Å². The van der Waals surface area contributed by atoms with Crippen molar-refractivity contribution in [1.29, 1.82) is 0 Å². The summed E-state index contributed by atoms with van der Waals surface area (Å²) in [5.41, 5.74) is 1.80. The van der Waals surface area contributed by atoms with Crippen molar-refractivity contribution in [2.75, 3.05) is 21.3 Å². The summed E-state index contributed by atoms with van der Waals surface area (Å²) in [5.74, 6) is 0.891. The van der Waals surface area contributed by atoms with E-state index in [-0.39, 0.29) is 23.6 Å². The Morgan fingerprint density at radius 1 is 1.05 bits per heavy atom. The fraction of sp³-hybridized carbons (Fsp3) is 0.600. The summed E-state index contributed by atoms with van der Waals surface area (Å²) in [7, 11) is 2.14. The molecule has 3 rings (SSSR count). The Bertz CT molecular complexity index is 549. The van der Waals surface area contributed by atoms with E-state index >= 15 is 0 Å². The van der Waals surface area contributed by atoms with E-state index < -0.39 is 8.80 Å². The number of hydrogen-bond donors (Lipinski definition) is 2. The minimum absolute atomic E-state index is 0.198. The average Bonchev–Trinajstić information content (AvgIpc) is 3.21. The summed E-state index contributed by atoms with van der Waals surface area (Å²) in [6, 6.07) is 0.628. The van der Waals surface area contributed by atoms with Gasteiger partial charge in [0.25, 0.3) is 0 Å². The molecule has 0 aromatic carbocycles. The molecule has 2 atom stereocenters. The normalized spacial score (nSPS) is 22.5. The molecule has 0 radical (unpaired) electrons. The molecular formula is C15H23NO5Si. The van der Waals surface area contributed by atoms with Gasteiger partial charge in [-0.15, -0.1) is 0 Å². The van der Waals surface area contributed by atoms with Gasteiger partial charge in [-0.2, -0.15) is 0 Å². The molecule has 6 nitrogen and oxygen atoms in total. The number of aromatic nitrogens is 1. The molecule has 7 heteroatoms. The van der Waals surface area contributed by atoms with Gasteiger partial charge in [0.2, 0.25) is 0 Å². The van der Waals surface area contributed by atoms with Crippen LogP contribution < -0.4 is 0 Å². The van der Waals surface area contributed by atoms with Crippen molar-refractivity contribution in [3.63, 3.8) is 0 Å². The highest BCUT2D eigenvalue weighted by atomic mass is 28.4. The van der Waals surface area contributed by atoms with Crippen LogP contribution in [0, 0.1) is 0 Å². The predicted octanol–water partition coefficient (Wildman–Crippen LogP) is 2.31. The molecule has 2 aliphatic rings. The van der Waals surface area contributed by atoms with Crippen LogP contribution in [0.5, 0.6) is 11.8 Å². The molecule has 0 fully saturated rings. The Balaban J connectivity index is 1.73. The van der Waals surface area contributed by atoms with Crippen LogP contribution in [-0.2, 0) is 19.8 Å². The average molecular weight is 325 g/mol. The van der Waals surface area contributed by atoms with Gasteiger partial charge in [0.1, 0.15) is 0 Å². The van der Waals surface area contributed by atoms with E-state index in [0.717, 1.165) is 17.5 Å². The molecule has 2 N–H and O–H groups in total. The van der Waals surface area contributed by atoms with Crippen LogP contribution in [0.1, 0.15) is 35.8 Å². The first-order chi connectivity index (χ1) is 10.6. The molecule has 2 unspecified atom stereocenters. The maximum atomic E-state index is 10.4. The highest BCUT2D eigenvalue weighted by Crippen LogP contribution is 2.56. The van der Waals surface area contributed by atoms with Gasteiger partial charge < -0.3 is 23.5 Å². The molecule has 0 amide bonds. The van der Waals surface area contributed by atoms with Gasteiger partial charge in [-0.05, 0) is 12.8 Å². The smallest absolute Gasteiger partial charge is 0.494 e. The van der Waals surface area contributed by atoms with Crippen molar-refractivity contribution in [1.82, 2.24) is 4.57 Å². The number of allylic oxidation sites excluding steroid dienone is 2. The quantitative estimate of drug-likeness (QED) is 0.594. The van der Waals surface area contributed by atoms with E-state index in [1.54, 1.807) is 25.9 Å². The molecule has 1 aromatic rings. The van der Waals surface area contributed by atoms with E-state index in [0.29, 0.717) is 19.0 Å². The summed E-state index contributed by atoms with van der Waals surface area (Å²) in [5, 5.41) is 20.9. The van der Waals surface area contributed by atoms with Gasteiger partial charge >= 0.3 is 8.80 Å². The Morgan fingerprint density at radius 2 is 1.55 bits per heavy atom. The second kappa shape index (κ2) is 5.73. The maximum Gasteiger partial charge on any atom is 0.500 e. The predicted molar refractivity (Wildman–Crippen MR) is 83.2 cm³/mol. The number of fused-ring (bicyclic) bond motifs is 5. The Morgan fingerprint density at radius 3 is 2.00 bits per heavy atom. The lowest BCUT2D eigenvalue weighted by Gasteiger charge is -2.24. The van der Waals surface area contributed by atoms with Crippen molar-refractivity contribution in [3.05, 3.63) is 23.3 Å². The first-order valence-corrected chi connectivity index (χ1v) is 9.48. The van der Waals surface area contributed by atoms with Gasteiger partial charge in [-0.25, -0.2) is 0 Å². The monoisotopic (exact) mass is 325 g/mol. The Kier molecular flexibility index (Phi) is 4.07. The first kappa shape index (κ1) is 15.6. The largest absolute Gasteiger partial charge is 0.500 e. The molecule has 2 aliphatic carbocycles. The van der Waals surface area contributed by atoms with E-state index in [1.807, 2.05) is 0 Å². The van der Waals surface area contributed by atoms with E-state index in [9.17, 15) is 10.2 Å². The van der Waals surface area contributed by atoms with Crippen molar-refractivity contribution < 1.29 is 23.5 Å².